The van der Waals surface area contributed by atoms with E-state index in [9.17, 15) is 19.5 Å². The van der Waals surface area contributed by atoms with Gasteiger partial charge in [-0.15, -0.1) is 5.92 Å². The second-order valence-electron chi connectivity index (χ2n) is 3.46. The Bertz CT molecular complexity index is 387. The van der Waals surface area contributed by atoms with Crippen LogP contribution in [0.3, 0.4) is 0 Å². The number of aliphatic hydroxyl groups is 1. The summed E-state index contributed by atoms with van der Waals surface area (Å²) in [6, 6.07) is 0. The molecule has 7 nitrogen and oxygen atoms in total. The fourth-order valence-electron chi connectivity index (χ4n) is 1.22. The fourth-order valence-corrected chi connectivity index (χ4v) is 1.22. The molecule has 0 aromatic carbocycles. The van der Waals surface area contributed by atoms with Gasteiger partial charge in [-0.25, -0.2) is 4.79 Å². The van der Waals surface area contributed by atoms with Crippen LogP contribution in [0, 0.1) is 17.8 Å². The molecular formula is C13H18O7. The Morgan fingerprint density at radius 3 is 1.90 bits per heavy atom. The lowest BCUT2D eigenvalue weighted by Gasteiger charge is -2.18. The molecule has 112 valence electrons. The minimum atomic E-state index is -1.99. The number of esters is 3. The van der Waals surface area contributed by atoms with Crippen molar-refractivity contribution in [2.75, 3.05) is 19.8 Å². The van der Waals surface area contributed by atoms with Crippen LogP contribution in [0.5, 0.6) is 0 Å². The molecule has 0 rings (SSSR count). The molecule has 20 heavy (non-hydrogen) atoms. The Morgan fingerprint density at radius 1 is 1.00 bits per heavy atom. The first-order chi connectivity index (χ1) is 9.49. The van der Waals surface area contributed by atoms with E-state index in [2.05, 4.69) is 26.1 Å². The van der Waals surface area contributed by atoms with Gasteiger partial charge in [-0.05, 0) is 20.8 Å². The molecule has 1 N–H and O–H groups in total. The van der Waals surface area contributed by atoms with Crippen LogP contribution in [-0.2, 0) is 28.6 Å². The lowest BCUT2D eigenvalue weighted by Crippen LogP contribution is -2.43. The average molecular weight is 286 g/mol. The van der Waals surface area contributed by atoms with Crippen LogP contribution in [0.1, 0.15) is 20.8 Å². The maximum atomic E-state index is 11.6. The second kappa shape index (κ2) is 9.81. The summed E-state index contributed by atoms with van der Waals surface area (Å²) in [6.07, 6.45) is -1.99. The van der Waals surface area contributed by atoms with Crippen LogP contribution < -0.4 is 0 Å². The Hall–Kier alpha value is -2.07. The maximum absolute atomic E-state index is 11.6. The van der Waals surface area contributed by atoms with Crippen molar-refractivity contribution in [2.45, 2.75) is 26.9 Å². The largest absolute Gasteiger partial charge is 0.465 e. The third-order valence-electron chi connectivity index (χ3n) is 2.10. The molecule has 7 heteroatoms. The Balaban J connectivity index is 4.89. The van der Waals surface area contributed by atoms with Gasteiger partial charge in [-0.3, -0.25) is 9.59 Å². The van der Waals surface area contributed by atoms with Gasteiger partial charge in [-0.1, -0.05) is 5.92 Å². The standard InChI is InChI=1S/C13H18O7/c1-4-7-8-20-13(17)10(14)9(11(15)18-5-2)12(16)19-6-3/h9-10,14H,5-6,8H2,1-3H3. The Morgan fingerprint density at radius 2 is 1.50 bits per heavy atom. The predicted octanol–water partition coefficient (Wildman–Crippen LogP) is -0.344. The molecule has 0 heterocycles. The van der Waals surface area contributed by atoms with Crippen LogP contribution in [0.2, 0.25) is 0 Å². The highest BCUT2D eigenvalue weighted by Crippen LogP contribution is 2.11. The zero-order valence-corrected chi connectivity index (χ0v) is 11.7. The Kier molecular flexibility index (Phi) is 8.79. The second-order valence-corrected chi connectivity index (χ2v) is 3.46. The van der Waals surface area contributed by atoms with Crippen molar-refractivity contribution in [3.63, 3.8) is 0 Å². The molecule has 0 aliphatic heterocycles. The SMILES string of the molecule is CC#CCOC(=O)C(O)C(C(=O)OCC)C(=O)OCC. The molecule has 0 spiro atoms. The highest BCUT2D eigenvalue weighted by atomic mass is 16.6. The van der Waals surface area contributed by atoms with Crippen molar-refractivity contribution in [1.82, 2.24) is 0 Å². The number of aliphatic hydroxyl groups excluding tert-OH is 1. The lowest BCUT2D eigenvalue weighted by molar-refractivity contribution is -0.175. The summed E-state index contributed by atoms with van der Waals surface area (Å²) in [5.74, 6) is -0.0651. The minimum absolute atomic E-state index is 0.00217. The molecule has 0 radical (unpaired) electrons. The van der Waals surface area contributed by atoms with Gasteiger partial charge in [0.05, 0.1) is 13.2 Å². The highest BCUT2D eigenvalue weighted by molar-refractivity contribution is 6.00. The van der Waals surface area contributed by atoms with Crippen molar-refractivity contribution < 1.29 is 33.7 Å². The van der Waals surface area contributed by atoms with Gasteiger partial charge in [0.1, 0.15) is 0 Å². The van der Waals surface area contributed by atoms with E-state index < -0.39 is 29.9 Å². The maximum Gasteiger partial charge on any atom is 0.337 e. The minimum Gasteiger partial charge on any atom is -0.465 e. The third-order valence-corrected chi connectivity index (χ3v) is 2.10. The van der Waals surface area contributed by atoms with E-state index in [-0.39, 0.29) is 19.8 Å². The summed E-state index contributed by atoms with van der Waals surface area (Å²) in [6.45, 7) is 4.36. The smallest absolute Gasteiger partial charge is 0.337 e. The number of carbonyl (C=O) groups is 3. The molecule has 0 fully saturated rings. The van der Waals surface area contributed by atoms with E-state index in [1.165, 1.54) is 13.8 Å². The first-order valence-corrected chi connectivity index (χ1v) is 6.07. The van der Waals surface area contributed by atoms with E-state index in [1.807, 2.05) is 0 Å². The number of rotatable bonds is 7. The molecule has 0 bridgehead atoms. The van der Waals surface area contributed by atoms with E-state index in [0.717, 1.165) is 0 Å². The van der Waals surface area contributed by atoms with Crippen LogP contribution in [0.25, 0.3) is 0 Å². The number of carbonyl (C=O) groups excluding carboxylic acids is 3. The summed E-state index contributed by atoms with van der Waals surface area (Å²) in [4.78, 5) is 34.8. The summed E-state index contributed by atoms with van der Waals surface area (Å²) in [5.41, 5.74) is 0. The monoisotopic (exact) mass is 286 g/mol. The summed E-state index contributed by atoms with van der Waals surface area (Å²) >= 11 is 0. The normalized spacial score (nSPS) is 11.1. The number of hydrogen-bond donors (Lipinski definition) is 1. The summed E-state index contributed by atoms with van der Waals surface area (Å²) in [5, 5.41) is 9.75. The average Bonchev–Trinajstić information content (AvgIpc) is 2.39. The van der Waals surface area contributed by atoms with Gasteiger partial charge in [0.15, 0.2) is 18.6 Å². The van der Waals surface area contributed by atoms with Crippen molar-refractivity contribution in [1.29, 1.82) is 0 Å². The molecular weight excluding hydrogens is 268 g/mol. The first-order valence-electron chi connectivity index (χ1n) is 6.07. The molecule has 0 saturated heterocycles. The molecule has 0 aromatic heterocycles. The predicted molar refractivity (Wildman–Crippen MR) is 67.2 cm³/mol. The molecule has 0 aliphatic carbocycles. The van der Waals surface area contributed by atoms with Crippen molar-refractivity contribution in [3.8, 4) is 11.8 Å². The fraction of sp³-hybridized carbons (Fsp3) is 0.615. The lowest BCUT2D eigenvalue weighted by atomic mass is 10.0. The number of hydrogen-bond acceptors (Lipinski definition) is 7. The number of ether oxygens (including phenoxy) is 3. The summed E-state index contributed by atoms with van der Waals surface area (Å²) in [7, 11) is 0. The van der Waals surface area contributed by atoms with Gasteiger partial charge in [-0.2, -0.15) is 0 Å². The molecule has 0 aromatic rings. The molecule has 0 aliphatic rings. The molecule has 1 atom stereocenters. The van der Waals surface area contributed by atoms with E-state index in [4.69, 9.17) is 0 Å². The zero-order valence-electron chi connectivity index (χ0n) is 11.7. The van der Waals surface area contributed by atoms with Crippen LogP contribution in [0.15, 0.2) is 0 Å². The summed E-state index contributed by atoms with van der Waals surface area (Å²) < 4.78 is 13.9. The van der Waals surface area contributed by atoms with E-state index >= 15 is 0 Å². The highest BCUT2D eigenvalue weighted by Gasteiger charge is 2.41. The van der Waals surface area contributed by atoms with Gasteiger partial charge in [0, 0.05) is 0 Å². The van der Waals surface area contributed by atoms with Gasteiger partial charge in [0.25, 0.3) is 0 Å². The van der Waals surface area contributed by atoms with Gasteiger partial charge < -0.3 is 19.3 Å². The van der Waals surface area contributed by atoms with Crippen molar-refractivity contribution in [2.24, 2.45) is 5.92 Å². The van der Waals surface area contributed by atoms with Crippen molar-refractivity contribution >= 4 is 17.9 Å². The van der Waals surface area contributed by atoms with Crippen molar-refractivity contribution in [3.05, 3.63) is 0 Å². The van der Waals surface area contributed by atoms with Crippen LogP contribution >= 0.6 is 0 Å². The molecule has 0 amide bonds. The van der Waals surface area contributed by atoms with Gasteiger partial charge in [0.2, 0.25) is 0 Å². The topological polar surface area (TPSA) is 99.1 Å². The molecule has 1 unspecified atom stereocenters. The quantitative estimate of drug-likeness (QED) is 0.296. The van der Waals surface area contributed by atoms with E-state index in [0.29, 0.717) is 0 Å². The van der Waals surface area contributed by atoms with Crippen LogP contribution in [0.4, 0.5) is 0 Å². The molecule has 0 saturated carbocycles. The van der Waals surface area contributed by atoms with E-state index in [1.54, 1.807) is 6.92 Å². The Labute approximate surface area is 117 Å². The third kappa shape index (κ3) is 5.71. The van der Waals surface area contributed by atoms with Gasteiger partial charge >= 0.3 is 17.9 Å². The first kappa shape index (κ1) is 17.9. The zero-order chi connectivity index (χ0) is 15.5. The van der Waals surface area contributed by atoms with Crippen LogP contribution in [-0.4, -0.2) is 48.9 Å².